The van der Waals surface area contributed by atoms with Gasteiger partial charge in [0.15, 0.2) is 0 Å². The summed E-state index contributed by atoms with van der Waals surface area (Å²) in [6.07, 6.45) is -0.449. The summed E-state index contributed by atoms with van der Waals surface area (Å²) >= 11 is 0. The molecule has 104 valence electrons. The van der Waals surface area contributed by atoms with Crippen LogP contribution in [0.1, 0.15) is 5.56 Å². The van der Waals surface area contributed by atoms with Gasteiger partial charge in [-0.1, -0.05) is 66.7 Å². The second-order valence-corrected chi connectivity index (χ2v) is 4.71. The molecular formula is C18H15NO2. The van der Waals surface area contributed by atoms with Gasteiger partial charge in [0, 0.05) is 5.39 Å². The third-order valence-corrected chi connectivity index (χ3v) is 3.24. The van der Waals surface area contributed by atoms with E-state index in [1.54, 1.807) is 0 Å². The molecule has 0 unspecified atom stereocenters. The highest BCUT2D eigenvalue weighted by atomic mass is 16.5. The Morgan fingerprint density at radius 2 is 1.57 bits per heavy atom. The van der Waals surface area contributed by atoms with Crippen LogP contribution in [0.2, 0.25) is 0 Å². The van der Waals surface area contributed by atoms with Gasteiger partial charge in [-0.25, -0.2) is 4.79 Å². The molecule has 3 heteroatoms. The summed E-state index contributed by atoms with van der Waals surface area (Å²) in [5.41, 5.74) is 1.72. The van der Waals surface area contributed by atoms with Crippen LogP contribution in [0.5, 0.6) is 0 Å². The molecular weight excluding hydrogens is 262 g/mol. The number of benzene rings is 3. The molecule has 0 aromatic heterocycles. The van der Waals surface area contributed by atoms with E-state index in [0.717, 1.165) is 22.0 Å². The highest BCUT2D eigenvalue weighted by Gasteiger charge is 2.06. The molecule has 0 radical (unpaired) electrons. The van der Waals surface area contributed by atoms with Crippen molar-refractivity contribution in [2.45, 2.75) is 6.61 Å². The maximum Gasteiger partial charge on any atom is 0.411 e. The Morgan fingerprint density at radius 1 is 0.857 bits per heavy atom. The topological polar surface area (TPSA) is 38.3 Å². The molecule has 1 amide bonds. The summed E-state index contributed by atoms with van der Waals surface area (Å²) in [4.78, 5) is 11.9. The first kappa shape index (κ1) is 13.2. The van der Waals surface area contributed by atoms with Crippen LogP contribution >= 0.6 is 0 Å². The van der Waals surface area contributed by atoms with E-state index < -0.39 is 6.09 Å². The fourth-order valence-electron chi connectivity index (χ4n) is 2.20. The average molecular weight is 277 g/mol. The van der Waals surface area contributed by atoms with E-state index in [1.165, 1.54) is 0 Å². The van der Waals surface area contributed by atoms with Crippen molar-refractivity contribution in [2.75, 3.05) is 5.32 Å². The van der Waals surface area contributed by atoms with Gasteiger partial charge in [0.25, 0.3) is 0 Å². The molecule has 3 rings (SSSR count). The fourth-order valence-corrected chi connectivity index (χ4v) is 2.20. The van der Waals surface area contributed by atoms with Gasteiger partial charge in [-0.05, 0) is 17.0 Å². The first-order chi connectivity index (χ1) is 10.3. The van der Waals surface area contributed by atoms with Crippen LogP contribution in [-0.2, 0) is 11.3 Å². The Kier molecular flexibility index (Phi) is 3.83. The van der Waals surface area contributed by atoms with E-state index in [4.69, 9.17) is 4.74 Å². The predicted octanol–water partition coefficient (Wildman–Crippen LogP) is 4.59. The van der Waals surface area contributed by atoms with Gasteiger partial charge in [-0.15, -0.1) is 0 Å². The molecule has 0 aliphatic heterocycles. The van der Waals surface area contributed by atoms with Gasteiger partial charge < -0.3 is 4.74 Å². The number of nitrogens with one attached hydrogen (secondary N) is 1. The monoisotopic (exact) mass is 277 g/mol. The lowest BCUT2D eigenvalue weighted by atomic mass is 10.1. The summed E-state index contributed by atoms with van der Waals surface area (Å²) in [7, 11) is 0. The van der Waals surface area contributed by atoms with Crippen LogP contribution in [0.3, 0.4) is 0 Å². The Bertz CT molecular complexity index is 748. The number of hydrogen-bond donors (Lipinski definition) is 1. The summed E-state index contributed by atoms with van der Waals surface area (Å²) in [5, 5.41) is 4.87. The summed E-state index contributed by atoms with van der Waals surface area (Å²) in [6, 6.07) is 23.3. The number of carbonyl (C=O) groups is 1. The Hall–Kier alpha value is -2.81. The Labute approximate surface area is 123 Å². The number of fused-ring (bicyclic) bond motifs is 1. The molecule has 3 nitrogen and oxygen atoms in total. The van der Waals surface area contributed by atoms with E-state index in [-0.39, 0.29) is 6.61 Å². The van der Waals surface area contributed by atoms with Crippen molar-refractivity contribution < 1.29 is 9.53 Å². The molecule has 0 bridgehead atoms. The van der Waals surface area contributed by atoms with Crippen molar-refractivity contribution in [3.63, 3.8) is 0 Å². The maximum absolute atomic E-state index is 11.9. The SMILES string of the molecule is O=C(Nc1cccc2ccccc12)OCc1ccccc1. The summed E-state index contributed by atoms with van der Waals surface area (Å²) in [5.74, 6) is 0. The van der Waals surface area contributed by atoms with E-state index in [2.05, 4.69) is 5.32 Å². The van der Waals surface area contributed by atoms with Crippen molar-refractivity contribution in [3.8, 4) is 0 Å². The van der Waals surface area contributed by atoms with Crippen molar-refractivity contribution in [1.29, 1.82) is 0 Å². The first-order valence-corrected chi connectivity index (χ1v) is 6.78. The van der Waals surface area contributed by atoms with Crippen LogP contribution in [0.15, 0.2) is 72.8 Å². The Balaban J connectivity index is 1.69. The molecule has 1 N–H and O–H groups in total. The molecule has 0 spiro atoms. The molecule has 0 aliphatic carbocycles. The standard InChI is InChI=1S/C18H15NO2/c20-18(21-13-14-7-2-1-3-8-14)19-17-12-6-10-15-9-4-5-11-16(15)17/h1-12H,13H2,(H,19,20). The normalized spacial score (nSPS) is 10.3. The Morgan fingerprint density at radius 3 is 2.43 bits per heavy atom. The summed E-state index contributed by atoms with van der Waals surface area (Å²) < 4.78 is 5.23. The van der Waals surface area contributed by atoms with Crippen LogP contribution in [-0.4, -0.2) is 6.09 Å². The predicted molar refractivity (Wildman–Crippen MR) is 84.2 cm³/mol. The van der Waals surface area contributed by atoms with E-state index in [9.17, 15) is 4.79 Å². The smallest absolute Gasteiger partial charge is 0.411 e. The van der Waals surface area contributed by atoms with Crippen molar-refractivity contribution in [1.82, 2.24) is 0 Å². The van der Waals surface area contributed by atoms with Crippen LogP contribution < -0.4 is 5.32 Å². The van der Waals surface area contributed by atoms with Crippen LogP contribution in [0.25, 0.3) is 10.8 Å². The second kappa shape index (κ2) is 6.09. The number of rotatable bonds is 3. The zero-order chi connectivity index (χ0) is 14.5. The number of amides is 1. The van der Waals surface area contributed by atoms with Crippen molar-refractivity contribution >= 4 is 22.6 Å². The number of ether oxygens (including phenoxy) is 1. The molecule has 0 atom stereocenters. The summed E-state index contributed by atoms with van der Waals surface area (Å²) in [6.45, 7) is 0.261. The minimum Gasteiger partial charge on any atom is -0.444 e. The average Bonchev–Trinajstić information content (AvgIpc) is 2.54. The zero-order valence-corrected chi connectivity index (χ0v) is 11.5. The lowest BCUT2D eigenvalue weighted by Gasteiger charge is -2.09. The van der Waals surface area contributed by atoms with E-state index >= 15 is 0 Å². The largest absolute Gasteiger partial charge is 0.444 e. The molecule has 0 saturated carbocycles. The van der Waals surface area contributed by atoms with Gasteiger partial charge in [0.05, 0.1) is 5.69 Å². The van der Waals surface area contributed by atoms with Crippen molar-refractivity contribution in [2.24, 2.45) is 0 Å². The van der Waals surface area contributed by atoms with E-state index in [0.29, 0.717) is 0 Å². The molecule has 3 aromatic rings. The maximum atomic E-state index is 11.9. The lowest BCUT2D eigenvalue weighted by Crippen LogP contribution is -2.13. The lowest BCUT2D eigenvalue weighted by molar-refractivity contribution is 0.155. The third-order valence-electron chi connectivity index (χ3n) is 3.24. The molecule has 0 saturated heterocycles. The van der Waals surface area contributed by atoms with Crippen LogP contribution in [0.4, 0.5) is 10.5 Å². The van der Waals surface area contributed by atoms with Gasteiger partial charge in [-0.2, -0.15) is 0 Å². The molecule has 0 fully saturated rings. The highest BCUT2D eigenvalue weighted by Crippen LogP contribution is 2.23. The van der Waals surface area contributed by atoms with Crippen molar-refractivity contribution in [3.05, 3.63) is 78.4 Å². The fraction of sp³-hybridized carbons (Fsp3) is 0.0556. The number of carbonyl (C=O) groups excluding carboxylic acids is 1. The van der Waals surface area contributed by atoms with Crippen LogP contribution in [0, 0.1) is 0 Å². The molecule has 0 aliphatic rings. The molecule has 0 heterocycles. The first-order valence-electron chi connectivity index (χ1n) is 6.78. The highest BCUT2D eigenvalue weighted by molar-refractivity contribution is 6.00. The van der Waals surface area contributed by atoms with Gasteiger partial charge in [-0.3, -0.25) is 5.32 Å². The van der Waals surface area contributed by atoms with Gasteiger partial charge >= 0.3 is 6.09 Å². The van der Waals surface area contributed by atoms with Gasteiger partial charge in [0.1, 0.15) is 6.61 Å². The number of hydrogen-bond acceptors (Lipinski definition) is 2. The minimum absolute atomic E-state index is 0.261. The molecule has 21 heavy (non-hydrogen) atoms. The zero-order valence-electron chi connectivity index (χ0n) is 11.5. The minimum atomic E-state index is -0.449. The third kappa shape index (κ3) is 3.20. The van der Waals surface area contributed by atoms with E-state index in [1.807, 2.05) is 72.8 Å². The second-order valence-electron chi connectivity index (χ2n) is 4.71. The quantitative estimate of drug-likeness (QED) is 0.760. The number of anilines is 1. The van der Waals surface area contributed by atoms with Gasteiger partial charge in [0.2, 0.25) is 0 Å². The molecule has 3 aromatic carbocycles.